The highest BCUT2D eigenvalue weighted by Crippen LogP contribution is 2.30. The highest BCUT2D eigenvalue weighted by atomic mass is 16.5. The van der Waals surface area contributed by atoms with Crippen LogP contribution in [0.4, 0.5) is 5.69 Å². The Balaban J connectivity index is 2.26. The number of hydrogen-bond donors (Lipinski definition) is 1. The summed E-state index contributed by atoms with van der Waals surface area (Å²) in [5.74, 6) is 0.693. The van der Waals surface area contributed by atoms with Gasteiger partial charge in [0.1, 0.15) is 5.75 Å². The van der Waals surface area contributed by atoms with Crippen molar-refractivity contribution in [2.75, 3.05) is 12.4 Å². The van der Waals surface area contributed by atoms with Crippen LogP contribution in [-0.4, -0.2) is 7.11 Å². The van der Waals surface area contributed by atoms with Crippen molar-refractivity contribution >= 4 is 5.69 Å². The first kappa shape index (κ1) is 14.0. The predicted octanol–water partition coefficient (Wildman–Crippen LogP) is 4.13. The maximum absolute atomic E-state index is 8.93. The molecule has 0 spiro atoms. The van der Waals surface area contributed by atoms with Crippen molar-refractivity contribution < 1.29 is 4.74 Å². The molecule has 0 saturated heterocycles. The van der Waals surface area contributed by atoms with Gasteiger partial charge in [-0.2, -0.15) is 5.26 Å². The number of nitrogens with one attached hydrogen (secondary N) is 1. The minimum Gasteiger partial charge on any atom is -0.495 e. The molecule has 2 aromatic carbocycles. The molecule has 0 saturated carbocycles. The zero-order valence-corrected chi connectivity index (χ0v) is 11.8. The second-order valence-electron chi connectivity index (χ2n) is 4.54. The smallest absolute Gasteiger partial charge is 0.143 e. The van der Waals surface area contributed by atoms with E-state index in [2.05, 4.69) is 30.4 Å². The van der Waals surface area contributed by atoms with Crippen LogP contribution in [0.1, 0.15) is 30.5 Å². The monoisotopic (exact) mass is 266 g/mol. The van der Waals surface area contributed by atoms with Gasteiger partial charge in [-0.15, -0.1) is 0 Å². The van der Waals surface area contributed by atoms with Crippen molar-refractivity contribution in [3.05, 3.63) is 59.7 Å². The lowest BCUT2D eigenvalue weighted by Crippen LogP contribution is -2.10. The summed E-state index contributed by atoms with van der Waals surface area (Å²) in [6.45, 7) is 2.14. The third kappa shape index (κ3) is 3.10. The molecule has 0 aliphatic carbocycles. The second kappa shape index (κ2) is 6.63. The van der Waals surface area contributed by atoms with E-state index in [1.54, 1.807) is 19.2 Å². The molecule has 0 aromatic heterocycles. The fraction of sp³-hybridized carbons (Fsp3) is 0.235. The molecule has 1 unspecified atom stereocenters. The predicted molar refractivity (Wildman–Crippen MR) is 80.8 cm³/mol. The van der Waals surface area contributed by atoms with Gasteiger partial charge in [0, 0.05) is 6.07 Å². The summed E-state index contributed by atoms with van der Waals surface area (Å²) in [6.07, 6.45) is 0.965. The van der Waals surface area contributed by atoms with E-state index in [9.17, 15) is 0 Å². The Bertz CT molecular complexity index is 602. The third-order valence-corrected chi connectivity index (χ3v) is 3.27. The van der Waals surface area contributed by atoms with E-state index in [0.717, 1.165) is 12.1 Å². The van der Waals surface area contributed by atoms with Crippen molar-refractivity contribution in [1.82, 2.24) is 0 Å². The average Bonchev–Trinajstić information content (AvgIpc) is 2.53. The normalized spacial score (nSPS) is 11.4. The topological polar surface area (TPSA) is 45.0 Å². The molecule has 1 N–H and O–H groups in total. The zero-order valence-electron chi connectivity index (χ0n) is 11.8. The van der Waals surface area contributed by atoms with Crippen LogP contribution in [0.5, 0.6) is 5.75 Å². The molecule has 20 heavy (non-hydrogen) atoms. The van der Waals surface area contributed by atoms with Crippen molar-refractivity contribution in [3.8, 4) is 11.8 Å². The number of anilines is 1. The Morgan fingerprint density at radius 2 is 1.95 bits per heavy atom. The van der Waals surface area contributed by atoms with E-state index in [1.807, 2.05) is 24.3 Å². The number of nitriles is 1. The first-order valence-corrected chi connectivity index (χ1v) is 6.68. The summed E-state index contributed by atoms with van der Waals surface area (Å²) >= 11 is 0. The van der Waals surface area contributed by atoms with Crippen LogP contribution in [0, 0.1) is 11.3 Å². The lowest BCUT2D eigenvalue weighted by atomic mass is 10.0. The Morgan fingerprint density at radius 1 is 1.20 bits per heavy atom. The zero-order chi connectivity index (χ0) is 14.4. The fourth-order valence-electron chi connectivity index (χ4n) is 2.17. The van der Waals surface area contributed by atoms with Crippen molar-refractivity contribution in [2.24, 2.45) is 0 Å². The van der Waals surface area contributed by atoms with Gasteiger partial charge < -0.3 is 10.1 Å². The maximum atomic E-state index is 8.93. The molecule has 3 nitrogen and oxygen atoms in total. The van der Waals surface area contributed by atoms with E-state index < -0.39 is 0 Å². The largest absolute Gasteiger partial charge is 0.495 e. The van der Waals surface area contributed by atoms with Gasteiger partial charge in [-0.05, 0) is 24.1 Å². The summed E-state index contributed by atoms with van der Waals surface area (Å²) < 4.78 is 5.36. The van der Waals surface area contributed by atoms with Crippen LogP contribution in [0.25, 0.3) is 0 Å². The minimum atomic E-state index is 0.220. The van der Waals surface area contributed by atoms with Crippen molar-refractivity contribution in [1.29, 1.82) is 5.26 Å². The average molecular weight is 266 g/mol. The molecular weight excluding hydrogens is 248 g/mol. The van der Waals surface area contributed by atoms with Crippen LogP contribution in [0.2, 0.25) is 0 Å². The van der Waals surface area contributed by atoms with E-state index in [0.29, 0.717) is 11.3 Å². The molecular formula is C17H18N2O. The highest BCUT2D eigenvalue weighted by Gasteiger charge is 2.12. The summed E-state index contributed by atoms with van der Waals surface area (Å²) in [5, 5.41) is 12.4. The maximum Gasteiger partial charge on any atom is 0.143 e. The SMILES string of the molecule is CCC(Nc1ccc(C#N)cc1OC)c1ccccc1. The summed E-state index contributed by atoms with van der Waals surface area (Å²) in [4.78, 5) is 0. The first-order valence-electron chi connectivity index (χ1n) is 6.68. The van der Waals surface area contributed by atoms with Gasteiger partial charge in [0.15, 0.2) is 0 Å². The molecule has 102 valence electrons. The van der Waals surface area contributed by atoms with Crippen molar-refractivity contribution in [2.45, 2.75) is 19.4 Å². The standard InChI is InChI=1S/C17H18N2O/c1-3-15(14-7-5-4-6-8-14)19-16-10-9-13(12-18)11-17(16)20-2/h4-11,15,19H,3H2,1-2H3. The van der Waals surface area contributed by atoms with Crippen LogP contribution in [0.3, 0.4) is 0 Å². The third-order valence-electron chi connectivity index (χ3n) is 3.27. The molecule has 0 aliphatic heterocycles. The summed E-state index contributed by atoms with van der Waals surface area (Å²) in [5.41, 5.74) is 2.74. The molecule has 0 fully saturated rings. The number of nitrogens with zero attached hydrogens (tertiary/aromatic N) is 1. The van der Waals surface area contributed by atoms with Crippen LogP contribution in [0.15, 0.2) is 48.5 Å². The quantitative estimate of drug-likeness (QED) is 0.885. The van der Waals surface area contributed by atoms with Gasteiger partial charge in [0.25, 0.3) is 0 Å². The summed E-state index contributed by atoms with van der Waals surface area (Å²) in [6, 6.07) is 18.1. The van der Waals surface area contributed by atoms with E-state index >= 15 is 0 Å². The van der Waals surface area contributed by atoms with Crippen LogP contribution in [-0.2, 0) is 0 Å². The molecule has 0 heterocycles. The number of benzene rings is 2. The number of hydrogen-bond acceptors (Lipinski definition) is 3. The molecule has 0 radical (unpaired) electrons. The van der Waals surface area contributed by atoms with Gasteiger partial charge >= 0.3 is 0 Å². The molecule has 1 atom stereocenters. The Hall–Kier alpha value is -2.47. The summed E-state index contributed by atoms with van der Waals surface area (Å²) in [7, 11) is 1.62. The molecule has 3 heteroatoms. The van der Waals surface area contributed by atoms with Gasteiger partial charge in [-0.25, -0.2) is 0 Å². The number of ether oxygens (including phenoxy) is 1. The number of rotatable bonds is 5. The highest BCUT2D eigenvalue weighted by molar-refractivity contribution is 5.60. The molecule has 2 aromatic rings. The Labute approximate surface area is 119 Å². The van der Waals surface area contributed by atoms with Gasteiger partial charge in [0.05, 0.1) is 30.5 Å². The number of methoxy groups -OCH3 is 1. The second-order valence-corrected chi connectivity index (χ2v) is 4.54. The Morgan fingerprint density at radius 3 is 2.55 bits per heavy atom. The molecule has 0 aliphatic rings. The minimum absolute atomic E-state index is 0.220. The first-order chi connectivity index (χ1) is 9.78. The Kier molecular flexibility index (Phi) is 4.62. The van der Waals surface area contributed by atoms with Crippen LogP contribution < -0.4 is 10.1 Å². The molecule has 0 amide bonds. The molecule has 0 bridgehead atoms. The lowest BCUT2D eigenvalue weighted by Gasteiger charge is -2.20. The lowest BCUT2D eigenvalue weighted by molar-refractivity contribution is 0.415. The van der Waals surface area contributed by atoms with Crippen molar-refractivity contribution in [3.63, 3.8) is 0 Å². The van der Waals surface area contributed by atoms with Gasteiger partial charge in [-0.3, -0.25) is 0 Å². The van der Waals surface area contributed by atoms with Gasteiger partial charge in [0.2, 0.25) is 0 Å². The van der Waals surface area contributed by atoms with Gasteiger partial charge in [-0.1, -0.05) is 37.3 Å². The molecule has 2 rings (SSSR count). The van der Waals surface area contributed by atoms with E-state index in [4.69, 9.17) is 10.00 Å². The van der Waals surface area contributed by atoms with E-state index in [1.165, 1.54) is 5.56 Å². The fourth-order valence-corrected chi connectivity index (χ4v) is 2.17. The van der Waals surface area contributed by atoms with Crippen LogP contribution >= 0.6 is 0 Å². The van der Waals surface area contributed by atoms with E-state index in [-0.39, 0.29) is 6.04 Å².